The largest absolute Gasteiger partial charge is 0.481 e. The molecule has 3 nitrogen and oxygen atoms in total. The molecule has 196 valence electrons. The first-order valence-electron chi connectivity index (χ1n) is 14.7. The Morgan fingerprint density at radius 2 is 1.75 bits per heavy atom. The lowest BCUT2D eigenvalue weighted by Gasteiger charge is -2.70. The second-order valence-electron chi connectivity index (χ2n) is 15.0. The molecule has 0 aliphatic heterocycles. The molecule has 1 aromatic rings. The minimum absolute atomic E-state index is 0.0775. The zero-order chi connectivity index (χ0) is 25.9. The van der Waals surface area contributed by atoms with Gasteiger partial charge in [0.05, 0.1) is 5.41 Å². The van der Waals surface area contributed by atoms with E-state index in [1.807, 2.05) is 6.20 Å². The monoisotopic (exact) mass is 489 g/mol. The maximum atomic E-state index is 12.9. The number of allylic oxidation sites excluding steroid dienone is 2. The topological polar surface area (TPSA) is 50.2 Å². The summed E-state index contributed by atoms with van der Waals surface area (Å²) in [6, 6.07) is 4.45. The van der Waals surface area contributed by atoms with Crippen LogP contribution in [0.1, 0.15) is 105 Å². The first-order valence-corrected chi connectivity index (χ1v) is 14.7. The van der Waals surface area contributed by atoms with Crippen LogP contribution in [0, 0.1) is 51.2 Å². The Morgan fingerprint density at radius 3 is 2.47 bits per heavy atom. The fourth-order valence-electron chi connectivity index (χ4n) is 11.4. The van der Waals surface area contributed by atoms with Gasteiger partial charge in [0.1, 0.15) is 0 Å². The fraction of sp³-hybridized carbons (Fsp3) is 0.758. The molecule has 3 fully saturated rings. The van der Waals surface area contributed by atoms with Crippen molar-refractivity contribution in [2.24, 2.45) is 51.2 Å². The van der Waals surface area contributed by atoms with Crippen molar-refractivity contribution in [2.75, 3.05) is 0 Å². The summed E-state index contributed by atoms with van der Waals surface area (Å²) < 4.78 is 0. The molecule has 0 unspecified atom stereocenters. The van der Waals surface area contributed by atoms with Crippen LogP contribution in [-0.2, 0) is 16.6 Å². The van der Waals surface area contributed by atoms with Gasteiger partial charge in [-0.1, -0.05) is 66.2 Å². The lowest BCUT2D eigenvalue weighted by atomic mass is 9.33. The standard InChI is InChI=1S/C33H47NO2/c1-20-12-15-33(28(35)36)17-16-31(6)23(26(33)21(20)2)10-11-25-30(5)19-22-9-8-18-34-27(22)29(3,4)24(30)13-14-32(25,31)7/h8-10,18,20-21,24-26H,11-17,19H2,1-7H3,(H,35,36)/t20-,21+,24+,25-,26+,30+,31-,32-,33+/m1/s1. The van der Waals surface area contributed by atoms with Gasteiger partial charge in [-0.15, -0.1) is 0 Å². The second kappa shape index (κ2) is 7.48. The average Bonchev–Trinajstić information content (AvgIpc) is 2.81. The Kier molecular flexibility index (Phi) is 5.13. The van der Waals surface area contributed by atoms with Crippen LogP contribution in [0.2, 0.25) is 0 Å². The normalized spacial score (nSPS) is 48.9. The summed E-state index contributed by atoms with van der Waals surface area (Å²) in [5.74, 6) is 1.91. The van der Waals surface area contributed by atoms with E-state index < -0.39 is 11.4 Å². The molecule has 0 radical (unpaired) electrons. The number of fused-ring (bicyclic) bond motifs is 8. The number of nitrogens with zero attached hydrogens (tertiary/aromatic N) is 1. The Bertz CT molecular complexity index is 1140. The van der Waals surface area contributed by atoms with Crippen LogP contribution in [0.4, 0.5) is 0 Å². The Labute approximate surface area is 218 Å². The number of pyridine rings is 1. The van der Waals surface area contributed by atoms with Crippen LogP contribution >= 0.6 is 0 Å². The molecule has 9 atom stereocenters. The number of carboxylic acid groups (broad SMARTS) is 1. The highest BCUT2D eigenvalue weighted by atomic mass is 16.4. The molecule has 5 aliphatic carbocycles. The zero-order valence-corrected chi connectivity index (χ0v) is 23.7. The molecular formula is C33H47NO2. The fourth-order valence-corrected chi connectivity index (χ4v) is 11.4. The van der Waals surface area contributed by atoms with E-state index in [-0.39, 0.29) is 27.6 Å². The maximum Gasteiger partial charge on any atom is 0.310 e. The summed E-state index contributed by atoms with van der Waals surface area (Å²) in [4.78, 5) is 17.8. The SMILES string of the molecule is C[C@H]1[C@H](C)CC[C@]2(C(=O)O)CC[C@]3(C)C(=CC[C@@H]4[C@@]5(C)Cc6cccnc6C(C)(C)[C@@H]5CC[C@]43C)[C@H]12. The number of carboxylic acids is 1. The highest BCUT2D eigenvalue weighted by Gasteiger charge is 2.69. The molecule has 0 bridgehead atoms. The van der Waals surface area contributed by atoms with Crippen LogP contribution in [0.3, 0.4) is 0 Å². The molecule has 5 aliphatic rings. The molecule has 1 heterocycles. The first kappa shape index (κ1) is 24.7. The van der Waals surface area contributed by atoms with E-state index in [4.69, 9.17) is 4.98 Å². The van der Waals surface area contributed by atoms with Gasteiger partial charge < -0.3 is 5.11 Å². The predicted molar refractivity (Wildman–Crippen MR) is 145 cm³/mol. The van der Waals surface area contributed by atoms with E-state index in [0.29, 0.717) is 23.7 Å². The molecule has 0 amide bonds. The van der Waals surface area contributed by atoms with Crippen LogP contribution in [0.5, 0.6) is 0 Å². The third-order valence-corrected chi connectivity index (χ3v) is 13.6. The van der Waals surface area contributed by atoms with Crippen molar-refractivity contribution in [3.63, 3.8) is 0 Å². The van der Waals surface area contributed by atoms with Gasteiger partial charge in [0.2, 0.25) is 0 Å². The lowest BCUT2D eigenvalue weighted by molar-refractivity contribution is -0.179. The number of hydrogen-bond acceptors (Lipinski definition) is 2. The van der Waals surface area contributed by atoms with Crippen molar-refractivity contribution in [3.8, 4) is 0 Å². The number of hydrogen-bond donors (Lipinski definition) is 1. The van der Waals surface area contributed by atoms with Gasteiger partial charge in [0, 0.05) is 17.3 Å². The van der Waals surface area contributed by atoms with Crippen molar-refractivity contribution in [1.29, 1.82) is 0 Å². The molecular weight excluding hydrogens is 442 g/mol. The highest BCUT2D eigenvalue weighted by molar-refractivity contribution is 5.76. The van der Waals surface area contributed by atoms with E-state index in [0.717, 1.165) is 38.5 Å². The number of carbonyl (C=O) groups is 1. The Balaban J connectivity index is 1.48. The zero-order valence-electron chi connectivity index (χ0n) is 23.7. The Hall–Kier alpha value is -1.64. The van der Waals surface area contributed by atoms with Gasteiger partial charge in [-0.25, -0.2) is 0 Å². The molecule has 36 heavy (non-hydrogen) atoms. The van der Waals surface area contributed by atoms with Gasteiger partial charge in [0.25, 0.3) is 0 Å². The molecule has 3 heteroatoms. The minimum Gasteiger partial charge on any atom is -0.481 e. The molecule has 6 rings (SSSR count). The van der Waals surface area contributed by atoms with E-state index in [1.54, 1.807) is 0 Å². The maximum absolute atomic E-state index is 12.9. The summed E-state index contributed by atoms with van der Waals surface area (Å²) in [6.45, 7) is 17.4. The van der Waals surface area contributed by atoms with Crippen molar-refractivity contribution >= 4 is 5.97 Å². The Morgan fingerprint density at radius 1 is 1.00 bits per heavy atom. The summed E-state index contributed by atoms with van der Waals surface area (Å²) >= 11 is 0. The summed E-state index contributed by atoms with van der Waals surface area (Å²) in [5, 5.41) is 10.6. The van der Waals surface area contributed by atoms with Crippen molar-refractivity contribution in [1.82, 2.24) is 4.98 Å². The van der Waals surface area contributed by atoms with Crippen LogP contribution in [0.25, 0.3) is 0 Å². The summed E-state index contributed by atoms with van der Waals surface area (Å²) in [6.07, 6.45) is 13.1. The quantitative estimate of drug-likeness (QED) is 0.409. The number of aromatic nitrogens is 1. The third-order valence-electron chi connectivity index (χ3n) is 13.6. The van der Waals surface area contributed by atoms with Crippen molar-refractivity contribution < 1.29 is 9.90 Å². The van der Waals surface area contributed by atoms with Crippen LogP contribution < -0.4 is 0 Å². The van der Waals surface area contributed by atoms with Crippen LogP contribution in [0.15, 0.2) is 30.0 Å². The van der Waals surface area contributed by atoms with E-state index in [9.17, 15) is 9.90 Å². The number of aliphatic carboxylic acids is 1. The van der Waals surface area contributed by atoms with Gasteiger partial charge in [-0.05, 0) is 109 Å². The average molecular weight is 490 g/mol. The van der Waals surface area contributed by atoms with Gasteiger partial charge in [-0.2, -0.15) is 0 Å². The third kappa shape index (κ3) is 2.76. The molecule has 3 saturated carbocycles. The van der Waals surface area contributed by atoms with Crippen molar-refractivity contribution in [2.45, 2.75) is 105 Å². The second-order valence-corrected chi connectivity index (χ2v) is 15.0. The first-order chi connectivity index (χ1) is 16.8. The van der Waals surface area contributed by atoms with Gasteiger partial charge >= 0.3 is 5.97 Å². The molecule has 1 aromatic heterocycles. The predicted octanol–water partition coefficient (Wildman–Crippen LogP) is 7.84. The van der Waals surface area contributed by atoms with Gasteiger partial charge in [-0.3, -0.25) is 9.78 Å². The minimum atomic E-state index is -0.557. The lowest BCUT2D eigenvalue weighted by Crippen LogP contribution is -2.65. The van der Waals surface area contributed by atoms with Crippen molar-refractivity contribution in [3.05, 3.63) is 41.2 Å². The molecule has 1 N–H and O–H groups in total. The van der Waals surface area contributed by atoms with Crippen LogP contribution in [-0.4, -0.2) is 16.1 Å². The van der Waals surface area contributed by atoms with Gasteiger partial charge in [0.15, 0.2) is 0 Å². The summed E-state index contributed by atoms with van der Waals surface area (Å²) in [5.41, 5.74) is 4.34. The summed E-state index contributed by atoms with van der Waals surface area (Å²) in [7, 11) is 0. The highest BCUT2D eigenvalue weighted by Crippen LogP contribution is 2.75. The van der Waals surface area contributed by atoms with E-state index in [1.165, 1.54) is 29.7 Å². The number of rotatable bonds is 1. The molecule has 0 saturated heterocycles. The smallest absolute Gasteiger partial charge is 0.310 e. The van der Waals surface area contributed by atoms with E-state index >= 15 is 0 Å². The molecule has 0 spiro atoms. The van der Waals surface area contributed by atoms with E-state index in [2.05, 4.69) is 66.7 Å². The molecule has 0 aromatic carbocycles.